The number of unbranched alkanes of at least 4 members (excludes halogenated alkanes) is 1. The fourth-order valence-electron chi connectivity index (χ4n) is 4.59. The number of hydrogen-bond acceptors (Lipinski definition) is 6. The minimum atomic E-state index is -0.956. The molecule has 1 N–H and O–H groups in total. The lowest BCUT2D eigenvalue weighted by atomic mass is 9.98. The van der Waals surface area contributed by atoms with Gasteiger partial charge in [0.05, 0.1) is 27.9 Å². The second kappa shape index (κ2) is 14.7. The molecule has 7 nitrogen and oxygen atoms in total. The molecule has 0 aromatic heterocycles. The standard InChI is InChI=1S/C31H38ClNO6/c1-6-7-15-39-27-14-12-23(18-29(27)38-5)20-33(30(31(34)35)24-9-8-10-25(32)19-24)21(2)16-22-11-13-26(36-3)28(17-22)37-4/h8-14,17-19,21,30H,6-7,15-16,20H2,1-5H3,(H,34,35)/t21?,30-/m1/s1. The predicted molar refractivity (Wildman–Crippen MR) is 153 cm³/mol. The summed E-state index contributed by atoms with van der Waals surface area (Å²) in [6.07, 6.45) is 2.57. The maximum atomic E-state index is 12.7. The second-order valence-electron chi connectivity index (χ2n) is 9.40. The van der Waals surface area contributed by atoms with E-state index >= 15 is 0 Å². The van der Waals surface area contributed by atoms with E-state index < -0.39 is 12.0 Å². The highest BCUT2D eigenvalue weighted by Crippen LogP contribution is 2.34. The number of benzene rings is 3. The highest BCUT2D eigenvalue weighted by atomic mass is 35.5. The first-order chi connectivity index (χ1) is 18.8. The second-order valence-corrected chi connectivity index (χ2v) is 9.83. The summed E-state index contributed by atoms with van der Waals surface area (Å²) in [4.78, 5) is 14.7. The van der Waals surface area contributed by atoms with Gasteiger partial charge in [-0.15, -0.1) is 0 Å². The van der Waals surface area contributed by atoms with Gasteiger partial charge in [-0.25, -0.2) is 0 Å². The zero-order chi connectivity index (χ0) is 28.4. The van der Waals surface area contributed by atoms with E-state index in [1.807, 2.05) is 48.2 Å². The van der Waals surface area contributed by atoms with E-state index in [0.717, 1.165) is 24.0 Å². The van der Waals surface area contributed by atoms with Crippen LogP contribution in [0.25, 0.3) is 0 Å². The fourth-order valence-corrected chi connectivity index (χ4v) is 4.79. The first-order valence-corrected chi connectivity index (χ1v) is 13.4. The highest BCUT2D eigenvalue weighted by molar-refractivity contribution is 6.30. The summed E-state index contributed by atoms with van der Waals surface area (Å²) in [5, 5.41) is 10.9. The number of carboxylic acids is 1. The van der Waals surface area contributed by atoms with E-state index in [1.165, 1.54) is 0 Å². The van der Waals surface area contributed by atoms with Crippen molar-refractivity contribution >= 4 is 17.6 Å². The molecule has 2 atom stereocenters. The van der Waals surface area contributed by atoms with Gasteiger partial charge in [-0.1, -0.05) is 49.2 Å². The Morgan fingerprint density at radius 3 is 2.18 bits per heavy atom. The van der Waals surface area contributed by atoms with E-state index in [2.05, 4.69) is 6.92 Å². The molecule has 0 aliphatic rings. The van der Waals surface area contributed by atoms with Gasteiger partial charge in [0.25, 0.3) is 0 Å². The van der Waals surface area contributed by atoms with Crippen LogP contribution in [-0.4, -0.2) is 50.0 Å². The lowest BCUT2D eigenvalue weighted by Crippen LogP contribution is -2.41. The zero-order valence-corrected chi connectivity index (χ0v) is 24.0. The average Bonchev–Trinajstić information content (AvgIpc) is 2.93. The lowest BCUT2D eigenvalue weighted by Gasteiger charge is -2.35. The van der Waals surface area contributed by atoms with Gasteiger partial charge in [0.1, 0.15) is 6.04 Å². The molecular formula is C31H38ClNO6. The molecule has 0 saturated carbocycles. The van der Waals surface area contributed by atoms with Crippen molar-refractivity contribution in [3.05, 3.63) is 82.4 Å². The third-order valence-corrected chi connectivity index (χ3v) is 6.86. The van der Waals surface area contributed by atoms with E-state index in [1.54, 1.807) is 45.6 Å². The molecule has 8 heteroatoms. The maximum Gasteiger partial charge on any atom is 0.325 e. The van der Waals surface area contributed by atoms with Crippen LogP contribution in [0, 0.1) is 0 Å². The number of carbonyl (C=O) groups is 1. The average molecular weight is 556 g/mol. The Hall–Kier alpha value is -3.42. The molecule has 0 fully saturated rings. The summed E-state index contributed by atoms with van der Waals surface area (Å²) in [7, 11) is 4.80. The molecule has 3 aromatic rings. The van der Waals surface area contributed by atoms with Gasteiger partial charge in [-0.3, -0.25) is 9.69 Å². The number of hydrogen-bond donors (Lipinski definition) is 1. The van der Waals surface area contributed by atoms with Crippen LogP contribution < -0.4 is 18.9 Å². The van der Waals surface area contributed by atoms with Crippen LogP contribution in [0.4, 0.5) is 0 Å². The molecule has 0 saturated heterocycles. The Balaban J connectivity index is 1.98. The van der Waals surface area contributed by atoms with Gasteiger partial charge in [0.2, 0.25) is 0 Å². The Morgan fingerprint density at radius 2 is 1.54 bits per heavy atom. The molecule has 0 spiro atoms. The summed E-state index contributed by atoms with van der Waals surface area (Å²) in [6.45, 7) is 5.11. The predicted octanol–water partition coefficient (Wildman–Crippen LogP) is 6.80. The van der Waals surface area contributed by atoms with Crippen molar-refractivity contribution in [3.8, 4) is 23.0 Å². The molecule has 1 unspecified atom stereocenters. The lowest BCUT2D eigenvalue weighted by molar-refractivity contribution is -0.145. The molecule has 0 heterocycles. The van der Waals surface area contributed by atoms with Crippen LogP contribution in [0.1, 0.15) is 49.4 Å². The van der Waals surface area contributed by atoms with E-state index in [0.29, 0.717) is 53.2 Å². The quantitative estimate of drug-likeness (QED) is 0.206. The Kier molecular flexibility index (Phi) is 11.3. The summed E-state index contributed by atoms with van der Waals surface area (Å²) < 4.78 is 22.4. The van der Waals surface area contributed by atoms with Crippen LogP contribution in [0.3, 0.4) is 0 Å². The van der Waals surface area contributed by atoms with Crippen molar-refractivity contribution in [2.24, 2.45) is 0 Å². The molecular weight excluding hydrogens is 518 g/mol. The first kappa shape index (κ1) is 30.1. The third-order valence-electron chi connectivity index (χ3n) is 6.62. The first-order valence-electron chi connectivity index (χ1n) is 13.1. The molecule has 0 bridgehead atoms. The van der Waals surface area contributed by atoms with E-state index in [4.69, 9.17) is 30.5 Å². The van der Waals surface area contributed by atoms with Gasteiger partial charge < -0.3 is 24.1 Å². The Bertz CT molecular complexity index is 1230. The summed E-state index contributed by atoms with van der Waals surface area (Å²) in [5.41, 5.74) is 2.51. The number of halogens is 1. The van der Waals surface area contributed by atoms with Crippen molar-refractivity contribution in [1.29, 1.82) is 0 Å². The summed E-state index contributed by atoms with van der Waals surface area (Å²) in [6, 6.07) is 17.4. The van der Waals surface area contributed by atoms with Crippen LogP contribution in [0.5, 0.6) is 23.0 Å². The van der Waals surface area contributed by atoms with Crippen LogP contribution in [0.2, 0.25) is 5.02 Å². The molecule has 0 amide bonds. The Morgan fingerprint density at radius 1 is 0.897 bits per heavy atom. The molecule has 0 aliphatic carbocycles. The SMILES string of the molecule is CCCCOc1ccc(CN(C(C)Cc2ccc(OC)c(OC)c2)[C@@H](C(=O)O)c2cccc(Cl)c2)cc1OC. The van der Waals surface area contributed by atoms with Crippen LogP contribution >= 0.6 is 11.6 Å². The molecule has 210 valence electrons. The summed E-state index contributed by atoms with van der Waals surface area (Å²) >= 11 is 6.27. The molecule has 3 aromatic carbocycles. The van der Waals surface area contributed by atoms with Gasteiger partial charge in [0, 0.05) is 17.6 Å². The number of aliphatic carboxylic acids is 1. The molecule has 0 radical (unpaired) electrons. The zero-order valence-electron chi connectivity index (χ0n) is 23.3. The van der Waals surface area contributed by atoms with Crippen molar-refractivity contribution in [3.63, 3.8) is 0 Å². The third kappa shape index (κ3) is 8.04. The van der Waals surface area contributed by atoms with Crippen molar-refractivity contribution in [2.45, 2.75) is 51.7 Å². The summed E-state index contributed by atoms with van der Waals surface area (Å²) in [5.74, 6) is 1.60. The smallest absolute Gasteiger partial charge is 0.325 e. The van der Waals surface area contributed by atoms with Crippen molar-refractivity contribution in [1.82, 2.24) is 4.90 Å². The van der Waals surface area contributed by atoms with Gasteiger partial charge in [0.15, 0.2) is 23.0 Å². The Labute approximate surface area is 236 Å². The number of methoxy groups -OCH3 is 3. The minimum absolute atomic E-state index is 0.172. The van der Waals surface area contributed by atoms with Crippen LogP contribution in [0.15, 0.2) is 60.7 Å². The monoisotopic (exact) mass is 555 g/mol. The normalized spacial score (nSPS) is 12.6. The number of nitrogens with zero attached hydrogens (tertiary/aromatic N) is 1. The molecule has 3 rings (SSSR count). The number of rotatable bonds is 15. The number of carboxylic acid groups (broad SMARTS) is 1. The fraction of sp³-hybridized carbons (Fsp3) is 0.387. The minimum Gasteiger partial charge on any atom is -0.493 e. The largest absolute Gasteiger partial charge is 0.493 e. The van der Waals surface area contributed by atoms with E-state index in [-0.39, 0.29) is 6.04 Å². The topological polar surface area (TPSA) is 77.5 Å². The van der Waals surface area contributed by atoms with Crippen molar-refractivity contribution in [2.75, 3.05) is 27.9 Å². The van der Waals surface area contributed by atoms with Crippen LogP contribution in [-0.2, 0) is 17.8 Å². The van der Waals surface area contributed by atoms with Gasteiger partial charge in [-0.05, 0) is 72.9 Å². The molecule has 39 heavy (non-hydrogen) atoms. The van der Waals surface area contributed by atoms with Gasteiger partial charge >= 0.3 is 5.97 Å². The number of ether oxygens (including phenoxy) is 4. The van der Waals surface area contributed by atoms with E-state index in [9.17, 15) is 9.90 Å². The molecule has 0 aliphatic heterocycles. The highest BCUT2D eigenvalue weighted by Gasteiger charge is 2.32. The van der Waals surface area contributed by atoms with Gasteiger partial charge in [-0.2, -0.15) is 0 Å². The van der Waals surface area contributed by atoms with Crippen molar-refractivity contribution < 1.29 is 28.8 Å². The maximum absolute atomic E-state index is 12.7.